The van der Waals surface area contributed by atoms with Gasteiger partial charge in [0.2, 0.25) is 0 Å². The number of nitrogens with zero attached hydrogens (tertiary/aromatic N) is 1. The number of hydrogen-bond acceptors (Lipinski definition) is 2. The van der Waals surface area contributed by atoms with Gasteiger partial charge in [-0.25, -0.2) is 4.39 Å². The maximum absolute atomic E-state index is 13.2. The van der Waals surface area contributed by atoms with E-state index in [1.807, 2.05) is 0 Å². The maximum atomic E-state index is 13.2. The predicted molar refractivity (Wildman–Crippen MR) is 51.0 cm³/mol. The van der Waals surface area contributed by atoms with E-state index in [-0.39, 0.29) is 18.0 Å². The summed E-state index contributed by atoms with van der Waals surface area (Å²) in [6.07, 6.45) is 0. The second kappa shape index (κ2) is 4.80. The first-order valence-corrected chi connectivity index (χ1v) is 3.59. The zero-order valence-corrected chi connectivity index (χ0v) is 7.99. The number of nitriles is 1. The molecule has 0 unspecified atom stereocenters. The largest absolute Gasteiger partial charge is 0.326 e. The van der Waals surface area contributed by atoms with Gasteiger partial charge in [0.1, 0.15) is 11.9 Å². The first-order valence-electron chi connectivity index (χ1n) is 3.59. The van der Waals surface area contributed by atoms with Gasteiger partial charge in [0.25, 0.3) is 0 Å². The van der Waals surface area contributed by atoms with Crippen LogP contribution in [0.1, 0.15) is 16.7 Å². The molecule has 1 aromatic rings. The summed E-state index contributed by atoms with van der Waals surface area (Å²) in [6.45, 7) is 1.92. The molecule has 2 N–H and O–H groups in total. The number of benzene rings is 1. The van der Waals surface area contributed by atoms with Gasteiger partial charge in [0.05, 0.1) is 5.56 Å². The SMILES string of the molecule is Cc1c(CN)ccc(C#N)c1F.Cl. The highest BCUT2D eigenvalue weighted by molar-refractivity contribution is 5.85. The molecular weight excluding hydrogens is 191 g/mol. The number of hydrogen-bond donors (Lipinski definition) is 1. The molecule has 70 valence electrons. The Bertz CT molecular complexity index is 344. The summed E-state index contributed by atoms with van der Waals surface area (Å²) in [5, 5.41) is 8.49. The molecule has 0 heterocycles. The molecular formula is C9H10ClFN2. The fourth-order valence-corrected chi connectivity index (χ4v) is 1.03. The van der Waals surface area contributed by atoms with Gasteiger partial charge in [-0.2, -0.15) is 5.26 Å². The second-order valence-electron chi connectivity index (χ2n) is 2.53. The molecule has 2 nitrogen and oxygen atoms in total. The van der Waals surface area contributed by atoms with Crippen molar-refractivity contribution in [2.75, 3.05) is 0 Å². The standard InChI is InChI=1S/C9H9FN2.ClH/c1-6-7(4-11)2-3-8(5-12)9(6)10;/h2-3H,4,11H2,1H3;1H. The smallest absolute Gasteiger partial charge is 0.144 e. The highest BCUT2D eigenvalue weighted by Gasteiger charge is 2.07. The first kappa shape index (κ1) is 11.9. The summed E-state index contributed by atoms with van der Waals surface area (Å²) < 4.78 is 13.2. The summed E-state index contributed by atoms with van der Waals surface area (Å²) in [5.74, 6) is -0.458. The Hall–Kier alpha value is -1.11. The van der Waals surface area contributed by atoms with Crippen LogP contribution in [-0.4, -0.2) is 0 Å². The normalized spacial score (nSPS) is 8.77. The Morgan fingerprint density at radius 2 is 2.15 bits per heavy atom. The van der Waals surface area contributed by atoms with E-state index in [9.17, 15) is 4.39 Å². The van der Waals surface area contributed by atoms with E-state index in [1.54, 1.807) is 19.1 Å². The van der Waals surface area contributed by atoms with E-state index in [0.29, 0.717) is 12.1 Å². The van der Waals surface area contributed by atoms with Gasteiger partial charge < -0.3 is 5.73 Å². The predicted octanol–water partition coefficient (Wildman–Crippen LogP) is 1.89. The van der Waals surface area contributed by atoms with Crippen LogP contribution in [0.5, 0.6) is 0 Å². The van der Waals surface area contributed by atoms with Crippen molar-refractivity contribution in [3.63, 3.8) is 0 Å². The van der Waals surface area contributed by atoms with Crippen molar-refractivity contribution in [1.29, 1.82) is 5.26 Å². The molecule has 0 fully saturated rings. The summed E-state index contributed by atoms with van der Waals surface area (Å²) in [6, 6.07) is 4.90. The fraction of sp³-hybridized carbons (Fsp3) is 0.222. The third-order valence-corrected chi connectivity index (χ3v) is 1.84. The average Bonchev–Trinajstić information content (AvgIpc) is 2.10. The third-order valence-electron chi connectivity index (χ3n) is 1.84. The Labute approximate surface area is 82.6 Å². The van der Waals surface area contributed by atoms with Gasteiger partial charge in [0, 0.05) is 6.54 Å². The Morgan fingerprint density at radius 1 is 1.54 bits per heavy atom. The lowest BCUT2D eigenvalue weighted by Crippen LogP contribution is -2.02. The van der Waals surface area contributed by atoms with Crippen LogP contribution >= 0.6 is 12.4 Å². The van der Waals surface area contributed by atoms with Crippen LogP contribution in [0, 0.1) is 24.1 Å². The average molecular weight is 201 g/mol. The van der Waals surface area contributed by atoms with Crippen molar-refractivity contribution in [2.45, 2.75) is 13.5 Å². The summed E-state index contributed by atoms with van der Waals surface area (Å²) in [5.41, 5.74) is 6.65. The monoisotopic (exact) mass is 200 g/mol. The topological polar surface area (TPSA) is 49.8 Å². The number of nitrogens with two attached hydrogens (primary N) is 1. The van der Waals surface area contributed by atoms with Crippen molar-refractivity contribution < 1.29 is 4.39 Å². The summed E-state index contributed by atoms with van der Waals surface area (Å²) >= 11 is 0. The molecule has 0 saturated heterocycles. The minimum atomic E-state index is -0.458. The minimum Gasteiger partial charge on any atom is -0.326 e. The van der Waals surface area contributed by atoms with Gasteiger partial charge in [0.15, 0.2) is 0 Å². The van der Waals surface area contributed by atoms with Crippen LogP contribution in [0.3, 0.4) is 0 Å². The quantitative estimate of drug-likeness (QED) is 0.753. The van der Waals surface area contributed by atoms with Gasteiger partial charge in [-0.05, 0) is 24.1 Å². The molecule has 0 spiro atoms. The van der Waals surface area contributed by atoms with E-state index in [1.165, 1.54) is 6.07 Å². The van der Waals surface area contributed by atoms with Crippen LogP contribution in [0.15, 0.2) is 12.1 Å². The zero-order valence-electron chi connectivity index (χ0n) is 7.17. The lowest BCUT2D eigenvalue weighted by molar-refractivity contribution is 0.611. The molecule has 13 heavy (non-hydrogen) atoms. The van der Waals surface area contributed by atoms with Crippen LogP contribution < -0.4 is 5.73 Å². The van der Waals surface area contributed by atoms with Crippen molar-refractivity contribution >= 4 is 12.4 Å². The van der Waals surface area contributed by atoms with Gasteiger partial charge in [-0.15, -0.1) is 12.4 Å². The molecule has 0 aromatic heterocycles. The van der Waals surface area contributed by atoms with E-state index in [4.69, 9.17) is 11.0 Å². The Balaban J connectivity index is 0.00000144. The van der Waals surface area contributed by atoms with E-state index < -0.39 is 5.82 Å². The minimum absolute atomic E-state index is 0. The number of rotatable bonds is 1. The molecule has 4 heteroatoms. The molecule has 0 saturated carbocycles. The first-order chi connectivity index (χ1) is 5.70. The fourth-order valence-electron chi connectivity index (χ4n) is 1.03. The highest BCUT2D eigenvalue weighted by atomic mass is 35.5. The lowest BCUT2D eigenvalue weighted by Gasteiger charge is -2.04. The molecule has 0 aliphatic rings. The molecule has 0 radical (unpaired) electrons. The van der Waals surface area contributed by atoms with Gasteiger partial charge >= 0.3 is 0 Å². The van der Waals surface area contributed by atoms with Gasteiger partial charge in [-0.1, -0.05) is 6.07 Å². The van der Waals surface area contributed by atoms with Crippen molar-refractivity contribution in [1.82, 2.24) is 0 Å². The summed E-state index contributed by atoms with van der Waals surface area (Å²) in [4.78, 5) is 0. The summed E-state index contributed by atoms with van der Waals surface area (Å²) in [7, 11) is 0. The Morgan fingerprint density at radius 3 is 2.62 bits per heavy atom. The Kier molecular flexibility index (Phi) is 4.39. The van der Waals surface area contributed by atoms with Crippen molar-refractivity contribution in [2.24, 2.45) is 5.73 Å². The molecule has 0 atom stereocenters. The molecule has 0 aliphatic carbocycles. The zero-order chi connectivity index (χ0) is 9.14. The third kappa shape index (κ3) is 2.18. The molecule has 0 aliphatic heterocycles. The maximum Gasteiger partial charge on any atom is 0.144 e. The second-order valence-corrected chi connectivity index (χ2v) is 2.53. The van der Waals surface area contributed by atoms with Crippen molar-refractivity contribution in [3.8, 4) is 6.07 Å². The molecule has 0 bridgehead atoms. The van der Waals surface area contributed by atoms with E-state index >= 15 is 0 Å². The van der Waals surface area contributed by atoms with Crippen LogP contribution in [0.4, 0.5) is 4.39 Å². The van der Waals surface area contributed by atoms with Crippen LogP contribution in [0.2, 0.25) is 0 Å². The van der Waals surface area contributed by atoms with Crippen LogP contribution in [0.25, 0.3) is 0 Å². The highest BCUT2D eigenvalue weighted by Crippen LogP contribution is 2.15. The van der Waals surface area contributed by atoms with Crippen molar-refractivity contribution in [3.05, 3.63) is 34.6 Å². The molecule has 0 amide bonds. The number of halogens is 2. The lowest BCUT2D eigenvalue weighted by atomic mass is 10.0. The van der Waals surface area contributed by atoms with E-state index in [0.717, 1.165) is 5.56 Å². The molecule has 1 aromatic carbocycles. The molecule has 1 rings (SSSR count). The van der Waals surface area contributed by atoms with Gasteiger partial charge in [-0.3, -0.25) is 0 Å². The van der Waals surface area contributed by atoms with Crippen LogP contribution in [-0.2, 0) is 6.54 Å². The van der Waals surface area contributed by atoms with E-state index in [2.05, 4.69) is 0 Å².